The SMILES string of the molecule is CCC1CCC(CNS(=O)(=O)c2cnc(NN)nc2)CC1. The summed E-state index contributed by atoms with van der Waals surface area (Å²) in [6, 6.07) is 0. The Balaban J connectivity index is 1.89. The molecule has 0 bridgehead atoms. The lowest BCUT2D eigenvalue weighted by atomic mass is 9.81. The summed E-state index contributed by atoms with van der Waals surface area (Å²) in [6.07, 6.45) is 8.29. The molecule has 0 radical (unpaired) electrons. The summed E-state index contributed by atoms with van der Waals surface area (Å²) in [6.45, 7) is 2.70. The van der Waals surface area contributed by atoms with E-state index in [0.717, 1.165) is 18.8 Å². The quantitative estimate of drug-likeness (QED) is 0.538. The average molecular weight is 313 g/mol. The van der Waals surface area contributed by atoms with E-state index in [2.05, 4.69) is 27.0 Å². The van der Waals surface area contributed by atoms with Gasteiger partial charge in [0.25, 0.3) is 0 Å². The highest BCUT2D eigenvalue weighted by Gasteiger charge is 2.22. The lowest BCUT2D eigenvalue weighted by Gasteiger charge is -2.27. The zero-order valence-corrected chi connectivity index (χ0v) is 13.1. The molecule has 1 heterocycles. The molecule has 8 heteroatoms. The van der Waals surface area contributed by atoms with Crippen LogP contribution in [0, 0.1) is 11.8 Å². The van der Waals surface area contributed by atoms with Crippen LogP contribution in [-0.4, -0.2) is 24.9 Å². The van der Waals surface area contributed by atoms with Gasteiger partial charge in [0.1, 0.15) is 4.90 Å². The van der Waals surface area contributed by atoms with Gasteiger partial charge in [0.2, 0.25) is 16.0 Å². The second-order valence-corrected chi connectivity index (χ2v) is 7.30. The number of anilines is 1. The van der Waals surface area contributed by atoms with Crippen molar-refractivity contribution in [3.63, 3.8) is 0 Å². The first-order valence-corrected chi connectivity index (χ1v) is 8.81. The molecule has 0 spiro atoms. The predicted molar refractivity (Wildman–Crippen MR) is 80.8 cm³/mol. The Morgan fingerprint density at radius 1 is 1.19 bits per heavy atom. The number of nitrogen functional groups attached to an aromatic ring is 1. The molecule has 1 saturated carbocycles. The first kappa shape index (κ1) is 16.1. The monoisotopic (exact) mass is 313 g/mol. The van der Waals surface area contributed by atoms with Crippen molar-refractivity contribution in [2.75, 3.05) is 12.0 Å². The largest absolute Gasteiger partial charge is 0.292 e. The van der Waals surface area contributed by atoms with Crippen LogP contribution in [-0.2, 0) is 10.0 Å². The Bertz CT molecular complexity index is 538. The van der Waals surface area contributed by atoms with Crippen molar-refractivity contribution in [3.05, 3.63) is 12.4 Å². The summed E-state index contributed by atoms with van der Waals surface area (Å²) in [4.78, 5) is 7.68. The molecule has 0 aromatic carbocycles. The van der Waals surface area contributed by atoms with Crippen molar-refractivity contribution in [2.24, 2.45) is 17.7 Å². The minimum Gasteiger partial charge on any atom is -0.292 e. The number of aromatic nitrogens is 2. The fourth-order valence-electron chi connectivity index (χ4n) is 2.68. The molecule has 118 valence electrons. The van der Waals surface area contributed by atoms with E-state index in [-0.39, 0.29) is 10.8 Å². The first-order chi connectivity index (χ1) is 10.0. The average Bonchev–Trinajstić information content (AvgIpc) is 2.53. The lowest BCUT2D eigenvalue weighted by Crippen LogP contribution is -2.31. The van der Waals surface area contributed by atoms with Gasteiger partial charge in [-0.05, 0) is 24.7 Å². The van der Waals surface area contributed by atoms with Gasteiger partial charge in [-0.1, -0.05) is 26.2 Å². The number of hydrogen-bond acceptors (Lipinski definition) is 6. The summed E-state index contributed by atoms with van der Waals surface area (Å²) in [5.41, 5.74) is 2.26. The van der Waals surface area contributed by atoms with Gasteiger partial charge in [0, 0.05) is 6.54 Å². The van der Waals surface area contributed by atoms with Gasteiger partial charge in [-0.3, -0.25) is 5.43 Å². The number of nitrogens with two attached hydrogens (primary N) is 1. The highest BCUT2D eigenvalue weighted by Crippen LogP contribution is 2.30. The van der Waals surface area contributed by atoms with E-state index < -0.39 is 10.0 Å². The van der Waals surface area contributed by atoms with Crippen molar-refractivity contribution in [1.82, 2.24) is 14.7 Å². The molecule has 4 N–H and O–H groups in total. The maximum absolute atomic E-state index is 12.2. The maximum Gasteiger partial charge on any atom is 0.243 e. The summed E-state index contributed by atoms with van der Waals surface area (Å²) in [5.74, 6) is 6.57. The lowest BCUT2D eigenvalue weighted by molar-refractivity contribution is 0.270. The summed E-state index contributed by atoms with van der Waals surface area (Å²) in [7, 11) is -3.55. The summed E-state index contributed by atoms with van der Waals surface area (Å²) in [5, 5.41) is 0. The Hall–Kier alpha value is -1.25. The Morgan fingerprint density at radius 3 is 2.29 bits per heavy atom. The topological polar surface area (TPSA) is 110 Å². The van der Waals surface area contributed by atoms with Crippen molar-refractivity contribution in [3.8, 4) is 0 Å². The van der Waals surface area contributed by atoms with Crippen LogP contribution in [0.1, 0.15) is 39.0 Å². The van der Waals surface area contributed by atoms with Crippen LogP contribution >= 0.6 is 0 Å². The number of hydrazine groups is 1. The fourth-order valence-corrected chi connectivity index (χ4v) is 3.69. The van der Waals surface area contributed by atoms with Gasteiger partial charge >= 0.3 is 0 Å². The third-order valence-electron chi connectivity index (χ3n) is 4.17. The predicted octanol–water partition coefficient (Wildman–Crippen LogP) is 1.26. The zero-order chi connectivity index (χ0) is 15.3. The van der Waals surface area contributed by atoms with E-state index in [1.54, 1.807) is 0 Å². The van der Waals surface area contributed by atoms with Crippen LogP contribution in [0.2, 0.25) is 0 Å². The highest BCUT2D eigenvalue weighted by molar-refractivity contribution is 7.89. The van der Waals surface area contributed by atoms with E-state index in [9.17, 15) is 8.42 Å². The van der Waals surface area contributed by atoms with Gasteiger partial charge in [0.15, 0.2) is 0 Å². The number of rotatable bonds is 6. The van der Waals surface area contributed by atoms with Crippen LogP contribution in [0.15, 0.2) is 17.3 Å². The molecule has 0 aliphatic heterocycles. The molecule has 2 rings (SSSR count). The molecule has 7 nitrogen and oxygen atoms in total. The fraction of sp³-hybridized carbons (Fsp3) is 0.692. The third kappa shape index (κ3) is 4.36. The molecule has 1 aromatic rings. The van der Waals surface area contributed by atoms with E-state index >= 15 is 0 Å². The van der Waals surface area contributed by atoms with Crippen molar-refractivity contribution in [1.29, 1.82) is 0 Å². The second kappa shape index (κ2) is 7.15. The van der Waals surface area contributed by atoms with E-state index in [1.807, 2.05) is 0 Å². The molecular weight excluding hydrogens is 290 g/mol. The van der Waals surface area contributed by atoms with Crippen LogP contribution in [0.25, 0.3) is 0 Å². The van der Waals surface area contributed by atoms with E-state index in [4.69, 9.17) is 5.84 Å². The van der Waals surface area contributed by atoms with Crippen LogP contribution in [0.3, 0.4) is 0 Å². The van der Waals surface area contributed by atoms with Crippen LogP contribution < -0.4 is 16.0 Å². The summed E-state index contributed by atoms with van der Waals surface area (Å²) < 4.78 is 27.0. The smallest absolute Gasteiger partial charge is 0.243 e. The van der Waals surface area contributed by atoms with E-state index in [0.29, 0.717) is 12.5 Å². The molecule has 1 fully saturated rings. The summed E-state index contributed by atoms with van der Waals surface area (Å²) >= 11 is 0. The maximum atomic E-state index is 12.2. The third-order valence-corrected chi connectivity index (χ3v) is 5.55. The van der Waals surface area contributed by atoms with Gasteiger partial charge in [-0.2, -0.15) is 0 Å². The van der Waals surface area contributed by atoms with Crippen LogP contribution in [0.4, 0.5) is 5.95 Å². The molecular formula is C13H23N5O2S. The highest BCUT2D eigenvalue weighted by atomic mass is 32.2. The molecule has 0 amide bonds. The van der Waals surface area contributed by atoms with Gasteiger partial charge in [-0.25, -0.2) is 29.0 Å². The molecule has 0 saturated heterocycles. The number of nitrogens with one attached hydrogen (secondary N) is 2. The standard InChI is InChI=1S/C13H23N5O2S/c1-2-10-3-5-11(6-4-10)7-17-21(19,20)12-8-15-13(18-14)16-9-12/h8-11,17H,2-7,14H2,1H3,(H,15,16,18). The molecule has 0 unspecified atom stereocenters. The molecule has 1 aliphatic rings. The van der Waals surface area contributed by atoms with Crippen molar-refractivity contribution < 1.29 is 8.42 Å². The number of sulfonamides is 1. The van der Waals surface area contributed by atoms with Gasteiger partial charge < -0.3 is 0 Å². The Kier molecular flexibility index (Phi) is 5.49. The molecule has 1 aliphatic carbocycles. The minimum atomic E-state index is -3.55. The van der Waals surface area contributed by atoms with Crippen molar-refractivity contribution in [2.45, 2.75) is 43.9 Å². The molecule has 1 aromatic heterocycles. The normalized spacial score (nSPS) is 23.0. The second-order valence-electron chi connectivity index (χ2n) is 5.53. The molecule has 21 heavy (non-hydrogen) atoms. The Morgan fingerprint density at radius 2 is 1.76 bits per heavy atom. The Labute approximate surface area is 125 Å². The van der Waals surface area contributed by atoms with E-state index in [1.165, 1.54) is 31.7 Å². The zero-order valence-electron chi connectivity index (χ0n) is 12.2. The first-order valence-electron chi connectivity index (χ1n) is 7.33. The molecule has 0 atom stereocenters. The van der Waals surface area contributed by atoms with Gasteiger partial charge in [-0.15, -0.1) is 0 Å². The van der Waals surface area contributed by atoms with Gasteiger partial charge in [0.05, 0.1) is 12.4 Å². The number of hydrogen-bond donors (Lipinski definition) is 3. The van der Waals surface area contributed by atoms with Crippen LogP contribution in [0.5, 0.6) is 0 Å². The minimum absolute atomic E-state index is 0.0590. The van der Waals surface area contributed by atoms with Crippen molar-refractivity contribution >= 4 is 16.0 Å². The number of nitrogens with zero attached hydrogens (tertiary/aromatic N) is 2.